The number of anilines is 1. The third-order valence-corrected chi connectivity index (χ3v) is 12.2. The summed E-state index contributed by atoms with van der Waals surface area (Å²) in [6.45, 7) is 4.58. The van der Waals surface area contributed by atoms with Crippen molar-refractivity contribution in [2.45, 2.75) is 69.3 Å². The fourth-order valence-corrected chi connectivity index (χ4v) is 8.89. The highest BCUT2D eigenvalue weighted by molar-refractivity contribution is 7.91. The summed E-state index contributed by atoms with van der Waals surface area (Å²) in [7, 11) is -3.05. The minimum atomic E-state index is -3.05. The number of carbonyl (C=O) groups is 1. The fraction of sp³-hybridized carbons (Fsp3) is 0.531. The lowest BCUT2D eigenvalue weighted by Crippen LogP contribution is -2.41. The molecule has 3 unspecified atom stereocenters. The number of hydrogen-bond acceptors (Lipinski definition) is 7. The number of nitrogens with zero attached hydrogens (tertiary/aromatic N) is 6. The maximum Gasteiger partial charge on any atom is 0.255 e. The molecule has 10 nitrogen and oxygen atoms in total. The van der Waals surface area contributed by atoms with Gasteiger partial charge in [0.25, 0.3) is 5.91 Å². The van der Waals surface area contributed by atoms with Gasteiger partial charge in [0.2, 0.25) is 0 Å². The van der Waals surface area contributed by atoms with Crippen LogP contribution in [0.15, 0.2) is 30.5 Å². The molecule has 0 radical (unpaired) electrons. The topological polar surface area (TPSA) is 119 Å². The summed E-state index contributed by atoms with van der Waals surface area (Å²) >= 11 is 0. The van der Waals surface area contributed by atoms with Crippen LogP contribution in [0.4, 0.5) is 10.2 Å². The Kier molecular flexibility index (Phi) is 6.36. The molecule has 4 aliphatic rings. The normalized spacial score (nSPS) is 24.3. The van der Waals surface area contributed by atoms with Gasteiger partial charge in [0, 0.05) is 61.7 Å². The average Bonchev–Trinajstić information content (AvgIpc) is 3.40. The van der Waals surface area contributed by atoms with Gasteiger partial charge in [-0.25, -0.2) is 22.3 Å². The number of sulfone groups is 1. The molecule has 44 heavy (non-hydrogen) atoms. The predicted molar refractivity (Wildman–Crippen MR) is 167 cm³/mol. The predicted octanol–water partition coefficient (Wildman–Crippen LogP) is 3.78. The SMILES string of the molecule is Cc1c(-c2cc3ccc(N4CCC(S(C)(=O)=O)CC4)nc3n2CC2CC2)nn2cc(C(=O)N3CC4CCC3C4N)cc(F)c12. The van der Waals surface area contributed by atoms with Crippen molar-refractivity contribution in [2.75, 3.05) is 30.8 Å². The maximum absolute atomic E-state index is 15.7. The Bertz CT molecular complexity index is 1920. The van der Waals surface area contributed by atoms with Gasteiger partial charge in [-0.3, -0.25) is 4.79 Å². The Morgan fingerprint density at radius 3 is 2.52 bits per heavy atom. The number of rotatable bonds is 6. The first-order chi connectivity index (χ1) is 21.1. The third-order valence-electron chi connectivity index (χ3n) is 10.6. The number of aryl methyl sites for hydroxylation is 1. The van der Waals surface area contributed by atoms with E-state index in [9.17, 15) is 13.2 Å². The zero-order valence-electron chi connectivity index (χ0n) is 25.1. The first-order valence-electron chi connectivity index (χ1n) is 15.8. The second kappa shape index (κ2) is 10.00. The highest BCUT2D eigenvalue weighted by atomic mass is 32.2. The summed E-state index contributed by atoms with van der Waals surface area (Å²) in [5.41, 5.74) is 10.1. The van der Waals surface area contributed by atoms with E-state index < -0.39 is 15.7 Å². The van der Waals surface area contributed by atoms with Crippen LogP contribution >= 0.6 is 0 Å². The average molecular weight is 620 g/mol. The monoisotopic (exact) mass is 619 g/mol. The number of pyridine rings is 2. The minimum absolute atomic E-state index is 0.00657. The number of carbonyl (C=O) groups excluding carboxylic acids is 1. The Hall–Kier alpha value is -3.51. The summed E-state index contributed by atoms with van der Waals surface area (Å²) in [6.07, 6.45) is 8.41. The molecular formula is C32H38FN7O3S. The van der Waals surface area contributed by atoms with Gasteiger partial charge in [-0.15, -0.1) is 0 Å². The molecule has 2 aliphatic carbocycles. The van der Waals surface area contributed by atoms with Crippen molar-refractivity contribution in [3.63, 3.8) is 0 Å². The molecule has 4 fully saturated rings. The highest BCUT2D eigenvalue weighted by Gasteiger charge is 2.47. The second-order valence-corrected chi connectivity index (χ2v) is 15.8. The van der Waals surface area contributed by atoms with E-state index in [2.05, 4.69) is 21.6 Å². The minimum Gasteiger partial charge on any atom is -0.356 e. The van der Waals surface area contributed by atoms with E-state index in [1.807, 2.05) is 17.9 Å². The molecule has 12 heteroatoms. The van der Waals surface area contributed by atoms with E-state index >= 15 is 4.39 Å². The molecule has 2 N–H and O–H groups in total. The lowest BCUT2D eigenvalue weighted by molar-refractivity contribution is 0.0699. The Morgan fingerprint density at radius 2 is 1.86 bits per heavy atom. The molecule has 0 aromatic carbocycles. The van der Waals surface area contributed by atoms with Crippen molar-refractivity contribution < 1.29 is 17.6 Å². The highest BCUT2D eigenvalue weighted by Crippen LogP contribution is 2.39. The molecule has 0 spiro atoms. The molecule has 2 bridgehead atoms. The molecule has 3 atom stereocenters. The van der Waals surface area contributed by atoms with Gasteiger partial charge in [-0.1, -0.05) is 0 Å². The standard InChI is InChI=1S/C32H38FN7O3S/c1-18-29(36-40-17-22(13-24(33)30(18)40)32(41)39-16-21-5-7-25(39)28(21)34)26-14-20-6-8-27(35-31(20)38(26)15-19-3-4-19)37-11-9-23(10-12-37)44(2,42)43/h6,8,13-14,17,19,21,23,25,28H,3-5,7,9-12,15-16,34H2,1-2H3. The van der Waals surface area contributed by atoms with Crippen molar-refractivity contribution >= 4 is 38.1 Å². The van der Waals surface area contributed by atoms with E-state index in [-0.39, 0.29) is 28.8 Å². The van der Waals surface area contributed by atoms with E-state index in [4.69, 9.17) is 15.8 Å². The molecule has 2 saturated heterocycles. The number of halogens is 1. The number of piperidine rings is 2. The van der Waals surface area contributed by atoms with Crippen LogP contribution in [0.1, 0.15) is 54.4 Å². The van der Waals surface area contributed by atoms with Crippen LogP contribution in [0, 0.1) is 24.6 Å². The van der Waals surface area contributed by atoms with Gasteiger partial charge in [-0.05, 0) is 81.5 Å². The maximum atomic E-state index is 15.7. The van der Waals surface area contributed by atoms with Gasteiger partial charge in [0.1, 0.15) is 38.3 Å². The van der Waals surface area contributed by atoms with Crippen molar-refractivity contribution in [3.8, 4) is 11.4 Å². The molecular weight excluding hydrogens is 581 g/mol. The van der Waals surface area contributed by atoms with E-state index in [1.54, 1.807) is 6.20 Å². The van der Waals surface area contributed by atoms with Gasteiger partial charge in [0.05, 0.1) is 16.5 Å². The number of amides is 1. The van der Waals surface area contributed by atoms with Crippen LogP contribution in [-0.2, 0) is 16.4 Å². The van der Waals surface area contributed by atoms with Gasteiger partial charge in [-0.2, -0.15) is 5.10 Å². The van der Waals surface area contributed by atoms with E-state index in [0.29, 0.717) is 61.1 Å². The Morgan fingerprint density at radius 1 is 1.09 bits per heavy atom. The zero-order chi connectivity index (χ0) is 30.5. The number of likely N-dealkylation sites (tertiary alicyclic amines) is 1. The third kappa shape index (κ3) is 4.51. The van der Waals surface area contributed by atoms with Gasteiger partial charge < -0.3 is 20.1 Å². The Balaban J connectivity index is 1.16. The first kappa shape index (κ1) is 28.0. The first-order valence-corrected chi connectivity index (χ1v) is 17.7. The zero-order valence-corrected chi connectivity index (χ0v) is 25.9. The second-order valence-electron chi connectivity index (χ2n) is 13.5. The van der Waals surface area contributed by atoms with E-state index in [0.717, 1.165) is 54.8 Å². The fourth-order valence-electron chi connectivity index (χ4n) is 7.83. The number of hydrogen-bond donors (Lipinski definition) is 1. The molecule has 232 valence electrons. The van der Waals surface area contributed by atoms with Crippen molar-refractivity contribution in [1.82, 2.24) is 24.1 Å². The quantitative estimate of drug-likeness (QED) is 0.349. The van der Waals surface area contributed by atoms with Gasteiger partial charge >= 0.3 is 0 Å². The van der Waals surface area contributed by atoms with Crippen LogP contribution in [0.3, 0.4) is 0 Å². The van der Waals surface area contributed by atoms with Crippen molar-refractivity contribution in [3.05, 3.63) is 47.4 Å². The lowest BCUT2D eigenvalue weighted by atomic mass is 10.1. The number of nitrogens with two attached hydrogens (primary N) is 1. The van der Waals surface area contributed by atoms with Crippen LogP contribution in [-0.4, -0.2) is 81.6 Å². The smallest absolute Gasteiger partial charge is 0.255 e. The van der Waals surface area contributed by atoms with Crippen LogP contribution in [0.2, 0.25) is 0 Å². The van der Waals surface area contributed by atoms with Crippen LogP contribution in [0.25, 0.3) is 27.9 Å². The van der Waals surface area contributed by atoms with Crippen molar-refractivity contribution in [1.29, 1.82) is 0 Å². The van der Waals surface area contributed by atoms with Crippen molar-refractivity contribution in [2.24, 2.45) is 17.6 Å². The molecule has 8 rings (SSSR count). The molecule has 6 heterocycles. The van der Waals surface area contributed by atoms with Crippen LogP contribution in [0.5, 0.6) is 0 Å². The molecule has 4 aromatic rings. The Labute approximate surface area is 255 Å². The molecule has 1 amide bonds. The van der Waals surface area contributed by atoms with Gasteiger partial charge in [0.15, 0.2) is 0 Å². The summed E-state index contributed by atoms with van der Waals surface area (Å²) in [6, 6.07) is 7.49. The molecule has 2 saturated carbocycles. The lowest BCUT2D eigenvalue weighted by Gasteiger charge is -2.32. The number of aromatic nitrogens is 4. The summed E-state index contributed by atoms with van der Waals surface area (Å²) in [5.74, 6) is 1.05. The number of fused-ring (bicyclic) bond motifs is 4. The molecule has 4 aromatic heterocycles. The van der Waals surface area contributed by atoms with E-state index in [1.165, 1.54) is 16.8 Å². The summed E-state index contributed by atoms with van der Waals surface area (Å²) < 4.78 is 43.6. The largest absolute Gasteiger partial charge is 0.356 e. The molecule has 2 aliphatic heterocycles. The van der Waals surface area contributed by atoms with Crippen LogP contribution < -0.4 is 10.6 Å². The summed E-state index contributed by atoms with van der Waals surface area (Å²) in [4.78, 5) is 22.6. The summed E-state index contributed by atoms with van der Waals surface area (Å²) in [5, 5.41) is 5.54.